The van der Waals surface area contributed by atoms with Crippen molar-refractivity contribution in [2.45, 2.75) is 0 Å². The van der Waals surface area contributed by atoms with E-state index in [4.69, 9.17) is 4.42 Å². The van der Waals surface area contributed by atoms with E-state index in [0.717, 1.165) is 21.3 Å². The molecule has 1 aromatic carbocycles. The lowest BCUT2D eigenvalue weighted by Crippen LogP contribution is -1.91. The molecule has 0 aliphatic rings. The predicted molar refractivity (Wildman–Crippen MR) is 94.0 cm³/mol. The van der Waals surface area contributed by atoms with Crippen LogP contribution in [-0.4, -0.2) is 16.2 Å². The monoisotopic (exact) mass is 333 g/mol. The normalized spacial score (nSPS) is 11.1. The van der Waals surface area contributed by atoms with E-state index in [1.54, 1.807) is 6.21 Å². The molecule has 24 heavy (non-hydrogen) atoms. The number of benzene rings is 1. The fourth-order valence-corrected chi connectivity index (χ4v) is 2.94. The zero-order valence-corrected chi connectivity index (χ0v) is 13.2. The fraction of sp³-hybridized carbons (Fsp3) is 0. The molecule has 6 nitrogen and oxygen atoms in total. The summed E-state index contributed by atoms with van der Waals surface area (Å²) < 4.78 is 5.59. The van der Waals surface area contributed by atoms with E-state index in [9.17, 15) is 5.26 Å². The van der Waals surface area contributed by atoms with Gasteiger partial charge in [0.25, 0.3) is 5.88 Å². The molecule has 116 valence electrons. The van der Waals surface area contributed by atoms with E-state index in [1.807, 2.05) is 54.0 Å². The van der Waals surface area contributed by atoms with Gasteiger partial charge < -0.3 is 9.40 Å². The second-order valence-corrected chi connectivity index (χ2v) is 5.93. The number of hydrazone groups is 1. The Morgan fingerprint density at radius 3 is 3.12 bits per heavy atom. The molecule has 4 rings (SSSR count). The summed E-state index contributed by atoms with van der Waals surface area (Å²) in [6.45, 7) is 0. The van der Waals surface area contributed by atoms with Crippen molar-refractivity contribution in [1.29, 1.82) is 5.26 Å². The number of hydrogen-bond donors (Lipinski definition) is 2. The molecule has 0 radical (unpaired) electrons. The van der Waals surface area contributed by atoms with Crippen LogP contribution in [0.5, 0.6) is 0 Å². The summed E-state index contributed by atoms with van der Waals surface area (Å²) in [4.78, 5) is 8.18. The van der Waals surface area contributed by atoms with E-state index in [2.05, 4.69) is 20.5 Å². The summed E-state index contributed by atoms with van der Waals surface area (Å²) in [6.07, 6.45) is 3.56. The fourth-order valence-electron chi connectivity index (χ4n) is 2.29. The van der Waals surface area contributed by atoms with Crippen LogP contribution >= 0.6 is 11.3 Å². The molecule has 0 fully saturated rings. The van der Waals surface area contributed by atoms with Gasteiger partial charge in [0.05, 0.1) is 11.1 Å². The highest BCUT2D eigenvalue weighted by atomic mass is 32.1. The second kappa shape index (κ2) is 6.02. The minimum absolute atomic E-state index is 0.177. The van der Waals surface area contributed by atoms with Gasteiger partial charge in [-0.2, -0.15) is 15.3 Å². The third-order valence-corrected chi connectivity index (χ3v) is 4.28. The first-order valence-electron chi connectivity index (χ1n) is 7.14. The lowest BCUT2D eigenvalue weighted by Gasteiger charge is -1.96. The minimum Gasteiger partial charge on any atom is -0.416 e. The summed E-state index contributed by atoms with van der Waals surface area (Å²) in [7, 11) is 0. The average Bonchev–Trinajstić information content (AvgIpc) is 3.34. The zero-order valence-electron chi connectivity index (χ0n) is 12.4. The average molecular weight is 333 g/mol. The Labute approximate surface area is 141 Å². The van der Waals surface area contributed by atoms with Gasteiger partial charge >= 0.3 is 0 Å². The smallest absolute Gasteiger partial charge is 0.252 e. The van der Waals surface area contributed by atoms with Crippen LogP contribution in [0.2, 0.25) is 0 Å². The lowest BCUT2D eigenvalue weighted by atomic mass is 10.2. The first-order chi connectivity index (χ1) is 11.8. The molecule has 0 aliphatic heterocycles. The van der Waals surface area contributed by atoms with Crippen molar-refractivity contribution in [2.75, 3.05) is 5.43 Å². The van der Waals surface area contributed by atoms with Crippen molar-refractivity contribution in [3.8, 4) is 16.8 Å². The molecule has 0 atom stereocenters. The number of rotatable bonds is 4. The van der Waals surface area contributed by atoms with Gasteiger partial charge in [-0.15, -0.1) is 11.3 Å². The number of aromatic amines is 1. The van der Waals surface area contributed by atoms with Crippen LogP contribution in [0.25, 0.3) is 21.7 Å². The van der Waals surface area contributed by atoms with Crippen molar-refractivity contribution in [3.05, 3.63) is 59.2 Å². The number of oxazole rings is 1. The maximum Gasteiger partial charge on any atom is 0.252 e. The topological polar surface area (TPSA) is 90.0 Å². The first-order valence-corrected chi connectivity index (χ1v) is 8.02. The molecule has 3 heterocycles. The van der Waals surface area contributed by atoms with Gasteiger partial charge in [0.15, 0.2) is 0 Å². The maximum absolute atomic E-state index is 9.18. The number of nitrogens with one attached hydrogen (secondary N) is 2. The molecule has 2 N–H and O–H groups in total. The van der Waals surface area contributed by atoms with E-state index in [0.29, 0.717) is 5.89 Å². The summed E-state index contributed by atoms with van der Waals surface area (Å²) >= 11 is 1.50. The molecular weight excluding hydrogens is 322 g/mol. The Morgan fingerprint density at radius 1 is 1.33 bits per heavy atom. The Balaban J connectivity index is 1.55. The summed E-state index contributed by atoms with van der Waals surface area (Å²) in [5.41, 5.74) is 4.94. The number of H-pyrrole nitrogens is 1. The molecule has 7 heteroatoms. The van der Waals surface area contributed by atoms with Gasteiger partial charge in [0.1, 0.15) is 6.07 Å². The van der Waals surface area contributed by atoms with Crippen molar-refractivity contribution in [2.24, 2.45) is 5.10 Å². The van der Waals surface area contributed by atoms with Gasteiger partial charge in [-0.25, -0.2) is 5.43 Å². The van der Waals surface area contributed by atoms with Crippen LogP contribution in [0.4, 0.5) is 5.88 Å². The number of hydrogen-bond acceptors (Lipinski definition) is 6. The zero-order chi connectivity index (χ0) is 16.4. The van der Waals surface area contributed by atoms with Crippen LogP contribution in [0, 0.1) is 11.3 Å². The van der Waals surface area contributed by atoms with Crippen molar-refractivity contribution < 1.29 is 4.42 Å². The van der Waals surface area contributed by atoms with Gasteiger partial charge in [-0.1, -0.05) is 12.1 Å². The Hall–Kier alpha value is -3.37. The molecule has 0 aliphatic carbocycles. The third kappa shape index (κ3) is 2.66. The standard InChI is InChI=1S/C17H11N5OS/c18-9-14-16(23-17(21-14)15-2-1-7-24-15)22-20-10-11-3-4-13-12(8-11)5-6-19-13/h1-8,10,19,22H/b20-10+. The lowest BCUT2D eigenvalue weighted by molar-refractivity contribution is 0.588. The molecule has 4 aromatic rings. The second-order valence-electron chi connectivity index (χ2n) is 4.98. The number of nitrogens with zero attached hydrogens (tertiary/aromatic N) is 3. The van der Waals surface area contributed by atoms with Gasteiger partial charge in [0, 0.05) is 11.7 Å². The molecule has 3 aromatic heterocycles. The summed E-state index contributed by atoms with van der Waals surface area (Å²) in [6, 6.07) is 13.7. The highest BCUT2D eigenvalue weighted by Gasteiger charge is 2.14. The number of anilines is 1. The van der Waals surface area contributed by atoms with E-state index in [-0.39, 0.29) is 11.6 Å². The van der Waals surface area contributed by atoms with Gasteiger partial charge in [-0.05, 0) is 40.6 Å². The van der Waals surface area contributed by atoms with Crippen molar-refractivity contribution in [3.63, 3.8) is 0 Å². The highest BCUT2D eigenvalue weighted by Crippen LogP contribution is 2.28. The summed E-state index contributed by atoms with van der Waals surface area (Å²) in [5, 5.41) is 16.3. The van der Waals surface area contributed by atoms with E-state index in [1.165, 1.54) is 11.3 Å². The van der Waals surface area contributed by atoms with Crippen LogP contribution in [0.3, 0.4) is 0 Å². The van der Waals surface area contributed by atoms with Gasteiger partial charge in [0.2, 0.25) is 11.6 Å². The van der Waals surface area contributed by atoms with Crippen LogP contribution in [0.1, 0.15) is 11.3 Å². The number of aromatic nitrogens is 2. The van der Waals surface area contributed by atoms with Gasteiger partial charge in [-0.3, -0.25) is 0 Å². The molecule has 0 bridgehead atoms. The molecule has 0 amide bonds. The Bertz CT molecular complexity index is 1050. The van der Waals surface area contributed by atoms with Crippen molar-refractivity contribution >= 4 is 34.3 Å². The molecule has 0 spiro atoms. The largest absolute Gasteiger partial charge is 0.416 e. The number of nitriles is 1. The Kier molecular flexibility index (Phi) is 3.57. The number of fused-ring (bicyclic) bond motifs is 1. The van der Waals surface area contributed by atoms with Crippen molar-refractivity contribution in [1.82, 2.24) is 9.97 Å². The van der Waals surface area contributed by atoms with Crippen LogP contribution < -0.4 is 5.43 Å². The quantitative estimate of drug-likeness (QED) is 0.432. The SMILES string of the molecule is N#Cc1nc(-c2cccs2)oc1N/N=C/c1ccc2[nH]ccc2c1. The van der Waals surface area contributed by atoms with E-state index >= 15 is 0 Å². The number of thiophene rings is 1. The van der Waals surface area contributed by atoms with Crippen LogP contribution in [0.15, 0.2) is 57.5 Å². The maximum atomic E-state index is 9.18. The molecule has 0 unspecified atom stereocenters. The molecule has 0 saturated carbocycles. The predicted octanol–water partition coefficient (Wildman–Crippen LogP) is 4.20. The molecule has 0 saturated heterocycles. The van der Waals surface area contributed by atoms with Crippen LogP contribution in [-0.2, 0) is 0 Å². The molecular formula is C17H11N5OS. The third-order valence-electron chi connectivity index (χ3n) is 3.42. The minimum atomic E-state index is 0.177. The first kappa shape index (κ1) is 14.2. The summed E-state index contributed by atoms with van der Waals surface area (Å²) in [5.74, 6) is 0.646. The Morgan fingerprint density at radius 2 is 2.29 bits per heavy atom. The highest BCUT2D eigenvalue weighted by molar-refractivity contribution is 7.13. The van der Waals surface area contributed by atoms with E-state index < -0.39 is 0 Å².